The van der Waals surface area contributed by atoms with Gasteiger partial charge in [-0.3, -0.25) is 0 Å². The summed E-state index contributed by atoms with van der Waals surface area (Å²) in [6, 6.07) is 32.8. The minimum atomic E-state index is -4.20. The Morgan fingerprint density at radius 1 is 0.523 bits per heavy atom. The first-order valence-corrected chi connectivity index (χ1v) is 16.9. The van der Waals surface area contributed by atoms with Crippen LogP contribution in [0.25, 0.3) is 0 Å². The normalized spacial score (nSPS) is 17.7. The van der Waals surface area contributed by atoms with Crippen molar-refractivity contribution in [3.63, 3.8) is 0 Å². The Hall–Kier alpha value is -4.67. The molecule has 0 aromatic heterocycles. The maximum absolute atomic E-state index is 14.6. The highest BCUT2D eigenvalue weighted by atomic mass is 32.2. The van der Waals surface area contributed by atoms with E-state index in [1.807, 2.05) is 13.8 Å². The fourth-order valence-electron chi connectivity index (χ4n) is 6.05. The average molecular weight is 626 g/mol. The Morgan fingerprint density at radius 2 is 0.909 bits per heavy atom. The van der Waals surface area contributed by atoms with Gasteiger partial charge in [0.25, 0.3) is 20.0 Å². The number of halogens is 1. The number of aryl methyl sites for hydroxylation is 2. The predicted molar refractivity (Wildman–Crippen MR) is 169 cm³/mol. The van der Waals surface area contributed by atoms with Gasteiger partial charge in [-0.2, -0.15) is 0 Å². The van der Waals surface area contributed by atoms with Crippen molar-refractivity contribution in [1.29, 1.82) is 0 Å². The number of anilines is 3. The number of rotatable bonds is 5. The van der Waals surface area contributed by atoms with Crippen LogP contribution in [0.15, 0.2) is 131 Å². The number of fused-ring (bicyclic) bond motifs is 6. The lowest BCUT2D eigenvalue weighted by atomic mass is 9.95. The summed E-state index contributed by atoms with van der Waals surface area (Å²) in [4.78, 5) is 1.95. The molecule has 222 valence electrons. The van der Waals surface area contributed by atoms with Crippen molar-refractivity contribution in [2.75, 3.05) is 13.5 Å². The molecule has 2 atom stereocenters. The van der Waals surface area contributed by atoms with Gasteiger partial charge >= 0.3 is 0 Å². The molecule has 0 amide bonds. The number of sulfonamides is 2. The van der Waals surface area contributed by atoms with Gasteiger partial charge in [0.2, 0.25) is 0 Å². The van der Waals surface area contributed by atoms with Crippen LogP contribution in [-0.4, -0.2) is 16.8 Å². The molecule has 0 unspecified atom stereocenters. The molecule has 44 heavy (non-hydrogen) atoms. The van der Waals surface area contributed by atoms with E-state index in [1.165, 1.54) is 20.7 Å². The first-order valence-electron chi connectivity index (χ1n) is 14.0. The molecule has 0 radical (unpaired) electrons. The molecule has 5 aromatic carbocycles. The summed E-state index contributed by atoms with van der Waals surface area (Å²) in [5.74, 6) is -0.468. The molecule has 5 aromatic rings. The van der Waals surface area contributed by atoms with Crippen LogP contribution in [0.5, 0.6) is 0 Å². The van der Waals surface area contributed by atoms with Crippen molar-refractivity contribution in [3.8, 4) is 0 Å². The van der Waals surface area contributed by atoms with E-state index in [9.17, 15) is 21.2 Å². The molecule has 0 fully saturated rings. The van der Waals surface area contributed by atoms with Crippen molar-refractivity contribution in [2.24, 2.45) is 0 Å². The predicted octanol–water partition coefficient (Wildman–Crippen LogP) is 7.06. The minimum absolute atomic E-state index is 0.0996. The zero-order chi connectivity index (χ0) is 30.8. The molecule has 7 nitrogen and oxygen atoms in total. The van der Waals surface area contributed by atoms with E-state index < -0.39 is 38.2 Å². The highest BCUT2D eigenvalue weighted by Gasteiger charge is 2.54. The third-order valence-electron chi connectivity index (χ3n) is 8.16. The van der Waals surface area contributed by atoms with Gasteiger partial charge in [0.1, 0.15) is 18.1 Å². The molecular formula is C34H28FN3O4S2. The first-order chi connectivity index (χ1) is 21.1. The second kappa shape index (κ2) is 10.2. The highest BCUT2D eigenvalue weighted by Crippen LogP contribution is 2.57. The molecule has 2 bridgehead atoms. The van der Waals surface area contributed by atoms with Crippen LogP contribution >= 0.6 is 0 Å². The van der Waals surface area contributed by atoms with Gasteiger partial charge in [-0.15, -0.1) is 0 Å². The van der Waals surface area contributed by atoms with Crippen molar-refractivity contribution in [3.05, 3.63) is 149 Å². The Labute approximate surface area is 256 Å². The zero-order valence-corrected chi connectivity index (χ0v) is 25.5. The van der Waals surface area contributed by atoms with Crippen molar-refractivity contribution in [2.45, 2.75) is 36.0 Å². The van der Waals surface area contributed by atoms with E-state index in [4.69, 9.17) is 0 Å². The van der Waals surface area contributed by atoms with Crippen LogP contribution < -0.4 is 13.5 Å². The Morgan fingerprint density at radius 3 is 1.32 bits per heavy atom. The van der Waals surface area contributed by atoms with Gasteiger partial charge in [0, 0.05) is 16.8 Å². The molecule has 0 aliphatic carbocycles. The molecule has 2 heterocycles. The highest BCUT2D eigenvalue weighted by molar-refractivity contribution is 7.93. The summed E-state index contributed by atoms with van der Waals surface area (Å²) >= 11 is 0. The lowest BCUT2D eigenvalue weighted by molar-refractivity contribution is 0.482. The average Bonchev–Trinajstić information content (AvgIpc) is 3.01. The summed E-state index contributed by atoms with van der Waals surface area (Å²) in [6.07, 6.45) is -1.99. The molecule has 0 N–H and O–H groups in total. The van der Waals surface area contributed by atoms with E-state index in [1.54, 1.807) is 114 Å². The SMILES string of the molecule is Cc1ccc(S(=O)(=O)N2c3ccccc3[C@H]3N(c4ccc(F)cc4)[C@H]2c2ccccc2N3S(=O)(=O)c2ccc(C)cc2)cc1. The standard InChI is InChI=1S/C34H28FN3O4S2/c1-23-11-19-27(20-12-23)43(39,40)37-31-9-5-3-7-29(31)34-36(26-17-15-25(35)16-18-26)33(37)30-8-4-6-10-32(30)38(34)44(41,42)28-21-13-24(2)14-22-28/h3-22,33-34H,1-2H3/t33-,34+. The minimum Gasteiger partial charge on any atom is -0.320 e. The van der Waals surface area contributed by atoms with E-state index in [2.05, 4.69) is 0 Å². The zero-order valence-electron chi connectivity index (χ0n) is 23.9. The number of hydrogen-bond acceptors (Lipinski definition) is 5. The Balaban J connectivity index is 1.57. The van der Waals surface area contributed by atoms with Crippen LogP contribution in [0.1, 0.15) is 34.6 Å². The first kappa shape index (κ1) is 28.1. The summed E-state index contributed by atoms with van der Waals surface area (Å²) < 4.78 is 75.5. The smallest absolute Gasteiger partial charge is 0.266 e. The second-order valence-corrected chi connectivity index (χ2v) is 14.6. The van der Waals surface area contributed by atoms with Gasteiger partial charge in [-0.1, -0.05) is 71.8 Å². The van der Waals surface area contributed by atoms with Crippen molar-refractivity contribution in [1.82, 2.24) is 0 Å². The maximum atomic E-state index is 14.6. The fourth-order valence-corrected chi connectivity index (χ4v) is 9.27. The van der Waals surface area contributed by atoms with Gasteiger partial charge in [0.05, 0.1) is 21.2 Å². The molecule has 0 spiro atoms. The number of benzene rings is 5. The van der Waals surface area contributed by atoms with E-state index >= 15 is 0 Å². The molecule has 2 aliphatic rings. The fraction of sp³-hybridized carbons (Fsp3) is 0.118. The van der Waals surface area contributed by atoms with Gasteiger partial charge in [-0.05, 0) is 74.5 Å². The molecule has 7 rings (SSSR count). The van der Waals surface area contributed by atoms with Crippen LogP contribution in [0, 0.1) is 19.7 Å². The van der Waals surface area contributed by atoms with Crippen LogP contribution in [0.4, 0.5) is 21.5 Å². The largest absolute Gasteiger partial charge is 0.320 e. The number of nitrogens with zero attached hydrogens (tertiary/aromatic N) is 3. The van der Waals surface area contributed by atoms with E-state index in [0.29, 0.717) is 28.2 Å². The summed E-state index contributed by atoms with van der Waals surface area (Å²) in [6.45, 7) is 3.77. The Kier molecular flexibility index (Phi) is 6.53. The summed E-state index contributed by atoms with van der Waals surface area (Å²) in [5, 5.41) is 0. The summed E-state index contributed by atoms with van der Waals surface area (Å²) in [7, 11) is -8.39. The van der Waals surface area contributed by atoms with Crippen LogP contribution in [0.3, 0.4) is 0 Å². The van der Waals surface area contributed by atoms with Gasteiger partial charge in [-0.25, -0.2) is 29.8 Å². The molecule has 2 aliphatic heterocycles. The number of hydrogen-bond donors (Lipinski definition) is 0. The topological polar surface area (TPSA) is 78.0 Å². The third-order valence-corrected chi connectivity index (χ3v) is 11.7. The van der Waals surface area contributed by atoms with Gasteiger partial charge < -0.3 is 4.90 Å². The van der Waals surface area contributed by atoms with E-state index in [-0.39, 0.29) is 9.79 Å². The van der Waals surface area contributed by atoms with Crippen LogP contribution in [0.2, 0.25) is 0 Å². The van der Waals surface area contributed by atoms with Gasteiger partial charge in [0.15, 0.2) is 0 Å². The lowest BCUT2D eigenvalue weighted by Gasteiger charge is -2.56. The quantitative estimate of drug-likeness (QED) is 0.209. The summed E-state index contributed by atoms with van der Waals surface area (Å²) in [5.41, 5.74) is 3.94. The molecule has 0 saturated heterocycles. The van der Waals surface area contributed by atoms with E-state index in [0.717, 1.165) is 11.1 Å². The molecule has 0 saturated carbocycles. The maximum Gasteiger partial charge on any atom is 0.266 e. The molecular weight excluding hydrogens is 598 g/mol. The van der Waals surface area contributed by atoms with Crippen molar-refractivity contribution >= 4 is 37.1 Å². The third kappa shape index (κ3) is 4.28. The van der Waals surface area contributed by atoms with Crippen LogP contribution in [-0.2, 0) is 20.0 Å². The second-order valence-electron chi connectivity index (χ2n) is 11.0. The molecule has 10 heteroatoms. The lowest BCUT2D eigenvalue weighted by Crippen LogP contribution is -2.59. The monoisotopic (exact) mass is 625 g/mol. The Bertz CT molecular complexity index is 1970. The van der Waals surface area contributed by atoms with Crippen molar-refractivity contribution < 1.29 is 21.2 Å². The number of para-hydroxylation sites is 2.